The fourth-order valence-electron chi connectivity index (χ4n) is 2.47. The van der Waals surface area contributed by atoms with Crippen molar-refractivity contribution in [1.29, 1.82) is 0 Å². The quantitative estimate of drug-likeness (QED) is 0.811. The number of rotatable bonds is 5. The number of nitrogen functional groups attached to an aromatic ring is 1. The van der Waals surface area contributed by atoms with Gasteiger partial charge in [-0.2, -0.15) is 0 Å². The van der Waals surface area contributed by atoms with Gasteiger partial charge in [0.25, 0.3) is 0 Å². The Hall–Kier alpha value is -1.55. The van der Waals surface area contributed by atoms with Crippen molar-refractivity contribution >= 4 is 11.6 Å². The summed E-state index contributed by atoms with van der Waals surface area (Å²) in [5.74, 6) is 0.0419. The molecule has 1 aromatic rings. The van der Waals surface area contributed by atoms with Gasteiger partial charge in [-0.05, 0) is 50.8 Å². The van der Waals surface area contributed by atoms with Crippen molar-refractivity contribution in [2.75, 3.05) is 18.9 Å². The van der Waals surface area contributed by atoms with Gasteiger partial charge in [0.15, 0.2) is 0 Å². The second-order valence-corrected chi connectivity index (χ2v) is 5.93. The summed E-state index contributed by atoms with van der Waals surface area (Å²) in [5, 5.41) is 3.01. The molecule has 0 radical (unpaired) electrons. The molecule has 0 bridgehead atoms. The van der Waals surface area contributed by atoms with Crippen molar-refractivity contribution in [1.82, 2.24) is 5.32 Å². The minimum atomic E-state index is -0.551. The molecule has 0 aliphatic carbocycles. The highest BCUT2D eigenvalue weighted by atomic mass is 16.5. The van der Waals surface area contributed by atoms with E-state index in [1.54, 1.807) is 0 Å². The highest BCUT2D eigenvalue weighted by molar-refractivity contribution is 5.87. The number of amides is 1. The van der Waals surface area contributed by atoms with Crippen LogP contribution >= 0.6 is 0 Å². The molecule has 1 aliphatic heterocycles. The molecule has 1 amide bonds. The molecular formula is C16H24N2O2. The molecule has 1 fully saturated rings. The second kappa shape index (κ2) is 6.27. The SMILES string of the molecule is CC(C)(C(=O)NCCC1CCCO1)c1ccc(N)cc1. The fraction of sp³-hybridized carbons (Fsp3) is 0.562. The Morgan fingerprint density at radius 3 is 2.70 bits per heavy atom. The van der Waals surface area contributed by atoms with Gasteiger partial charge in [-0.15, -0.1) is 0 Å². The molecule has 1 unspecified atom stereocenters. The number of hydrogen-bond donors (Lipinski definition) is 2. The first kappa shape index (κ1) is 14.9. The van der Waals surface area contributed by atoms with Gasteiger partial charge < -0.3 is 15.8 Å². The summed E-state index contributed by atoms with van der Waals surface area (Å²) >= 11 is 0. The van der Waals surface area contributed by atoms with E-state index in [2.05, 4.69) is 5.32 Å². The molecule has 1 aliphatic rings. The summed E-state index contributed by atoms with van der Waals surface area (Å²) in [6.45, 7) is 5.39. The number of anilines is 1. The zero-order valence-electron chi connectivity index (χ0n) is 12.3. The van der Waals surface area contributed by atoms with Gasteiger partial charge in [0.1, 0.15) is 0 Å². The molecule has 20 heavy (non-hydrogen) atoms. The van der Waals surface area contributed by atoms with E-state index in [1.165, 1.54) is 0 Å². The van der Waals surface area contributed by atoms with Crippen LogP contribution in [0.4, 0.5) is 5.69 Å². The normalized spacial score (nSPS) is 19.0. The van der Waals surface area contributed by atoms with Crippen LogP contribution in [0.25, 0.3) is 0 Å². The zero-order valence-corrected chi connectivity index (χ0v) is 12.3. The molecule has 3 N–H and O–H groups in total. The van der Waals surface area contributed by atoms with Crippen LogP contribution in [0.3, 0.4) is 0 Å². The molecule has 1 heterocycles. The Morgan fingerprint density at radius 2 is 2.10 bits per heavy atom. The second-order valence-electron chi connectivity index (χ2n) is 5.93. The van der Waals surface area contributed by atoms with Crippen LogP contribution in [0.15, 0.2) is 24.3 Å². The maximum absolute atomic E-state index is 12.3. The van der Waals surface area contributed by atoms with Gasteiger partial charge >= 0.3 is 0 Å². The van der Waals surface area contributed by atoms with Crippen molar-refractivity contribution in [3.05, 3.63) is 29.8 Å². The lowest BCUT2D eigenvalue weighted by atomic mass is 9.83. The number of benzene rings is 1. The van der Waals surface area contributed by atoms with Crippen molar-refractivity contribution in [3.8, 4) is 0 Å². The molecular weight excluding hydrogens is 252 g/mol. The molecule has 0 spiro atoms. The third-order valence-corrected chi connectivity index (χ3v) is 3.98. The third-order valence-electron chi connectivity index (χ3n) is 3.98. The fourth-order valence-corrected chi connectivity index (χ4v) is 2.47. The molecule has 2 rings (SSSR count). The molecule has 1 aromatic carbocycles. The van der Waals surface area contributed by atoms with E-state index in [0.29, 0.717) is 18.3 Å². The topological polar surface area (TPSA) is 64.3 Å². The van der Waals surface area contributed by atoms with Gasteiger partial charge in [0, 0.05) is 18.8 Å². The van der Waals surface area contributed by atoms with Crippen LogP contribution in [0, 0.1) is 0 Å². The Kier molecular flexibility index (Phi) is 4.65. The van der Waals surface area contributed by atoms with Crippen LogP contribution in [-0.4, -0.2) is 25.2 Å². The van der Waals surface area contributed by atoms with Crippen LogP contribution in [0.1, 0.15) is 38.7 Å². The summed E-state index contributed by atoms with van der Waals surface area (Å²) in [6.07, 6.45) is 3.45. The van der Waals surface area contributed by atoms with E-state index in [-0.39, 0.29) is 5.91 Å². The van der Waals surface area contributed by atoms with E-state index in [9.17, 15) is 4.79 Å². The summed E-state index contributed by atoms with van der Waals surface area (Å²) < 4.78 is 5.55. The largest absolute Gasteiger partial charge is 0.399 e. The predicted molar refractivity (Wildman–Crippen MR) is 80.5 cm³/mol. The van der Waals surface area contributed by atoms with Crippen molar-refractivity contribution in [3.63, 3.8) is 0 Å². The van der Waals surface area contributed by atoms with E-state index in [4.69, 9.17) is 10.5 Å². The Labute approximate surface area is 120 Å². The third kappa shape index (κ3) is 3.51. The van der Waals surface area contributed by atoms with E-state index >= 15 is 0 Å². The summed E-state index contributed by atoms with van der Waals surface area (Å²) in [7, 11) is 0. The predicted octanol–water partition coefficient (Wildman–Crippen LogP) is 2.23. The first-order valence-electron chi connectivity index (χ1n) is 7.26. The maximum Gasteiger partial charge on any atom is 0.230 e. The van der Waals surface area contributed by atoms with E-state index < -0.39 is 5.41 Å². The average Bonchev–Trinajstić information content (AvgIpc) is 2.92. The lowest BCUT2D eigenvalue weighted by Crippen LogP contribution is -2.41. The van der Waals surface area contributed by atoms with Gasteiger partial charge in [-0.25, -0.2) is 0 Å². The maximum atomic E-state index is 12.3. The Balaban J connectivity index is 1.87. The van der Waals surface area contributed by atoms with Gasteiger partial charge in [0.05, 0.1) is 11.5 Å². The zero-order chi connectivity index (χ0) is 14.6. The Bertz CT molecular complexity index is 448. The summed E-state index contributed by atoms with van der Waals surface area (Å²) in [4.78, 5) is 12.3. The van der Waals surface area contributed by atoms with Crippen LogP contribution < -0.4 is 11.1 Å². The molecule has 0 aromatic heterocycles. The minimum absolute atomic E-state index is 0.0419. The highest BCUT2D eigenvalue weighted by Crippen LogP contribution is 2.24. The number of hydrogen-bond acceptors (Lipinski definition) is 3. The molecule has 0 saturated carbocycles. The number of nitrogens with two attached hydrogens (primary N) is 1. The van der Waals surface area contributed by atoms with Crippen molar-refractivity contribution in [2.45, 2.75) is 44.6 Å². The van der Waals surface area contributed by atoms with Gasteiger partial charge in [0.2, 0.25) is 5.91 Å². The first-order valence-corrected chi connectivity index (χ1v) is 7.26. The molecule has 1 atom stereocenters. The number of nitrogens with one attached hydrogen (secondary N) is 1. The highest BCUT2D eigenvalue weighted by Gasteiger charge is 2.29. The average molecular weight is 276 g/mol. The van der Waals surface area contributed by atoms with E-state index in [1.807, 2.05) is 38.1 Å². The summed E-state index contributed by atoms with van der Waals surface area (Å²) in [5.41, 5.74) is 6.82. The monoisotopic (exact) mass is 276 g/mol. The van der Waals surface area contributed by atoms with Crippen LogP contribution in [0.2, 0.25) is 0 Å². The van der Waals surface area contributed by atoms with Crippen LogP contribution in [-0.2, 0) is 14.9 Å². The minimum Gasteiger partial charge on any atom is -0.399 e. The molecule has 4 nitrogen and oxygen atoms in total. The molecule has 4 heteroatoms. The number of carbonyl (C=O) groups is 1. The lowest BCUT2D eigenvalue weighted by Gasteiger charge is -2.24. The Morgan fingerprint density at radius 1 is 1.40 bits per heavy atom. The van der Waals surface area contributed by atoms with Gasteiger partial charge in [-0.3, -0.25) is 4.79 Å². The van der Waals surface area contributed by atoms with Gasteiger partial charge in [-0.1, -0.05) is 12.1 Å². The van der Waals surface area contributed by atoms with E-state index in [0.717, 1.165) is 31.4 Å². The van der Waals surface area contributed by atoms with Crippen molar-refractivity contribution < 1.29 is 9.53 Å². The number of ether oxygens (including phenoxy) is 1. The number of carbonyl (C=O) groups excluding carboxylic acids is 1. The first-order chi connectivity index (χ1) is 9.50. The molecule has 110 valence electrons. The smallest absolute Gasteiger partial charge is 0.230 e. The van der Waals surface area contributed by atoms with Crippen LogP contribution in [0.5, 0.6) is 0 Å². The summed E-state index contributed by atoms with van der Waals surface area (Å²) in [6, 6.07) is 7.48. The standard InChI is InChI=1S/C16H24N2O2/c1-16(2,12-5-7-13(17)8-6-12)15(19)18-10-9-14-4-3-11-20-14/h5-8,14H,3-4,9-11,17H2,1-2H3,(H,18,19). The lowest BCUT2D eigenvalue weighted by molar-refractivity contribution is -0.125. The van der Waals surface area contributed by atoms with Crippen molar-refractivity contribution in [2.24, 2.45) is 0 Å². The molecule has 1 saturated heterocycles.